The van der Waals surface area contributed by atoms with Crippen LogP contribution in [0.15, 0.2) is 21.9 Å². The predicted molar refractivity (Wildman–Crippen MR) is 98.5 cm³/mol. The van der Waals surface area contributed by atoms with Crippen LogP contribution in [0.3, 0.4) is 0 Å². The van der Waals surface area contributed by atoms with E-state index in [0.29, 0.717) is 17.9 Å². The van der Waals surface area contributed by atoms with Gasteiger partial charge in [0.2, 0.25) is 0 Å². The van der Waals surface area contributed by atoms with E-state index in [1.807, 2.05) is 0 Å². The fraction of sp³-hybridized carbons (Fsp3) is 0.636. The molecule has 0 aliphatic carbocycles. The number of hydrogen-bond acceptors (Lipinski definition) is 11. The van der Waals surface area contributed by atoms with Crippen molar-refractivity contribution in [2.45, 2.75) is 31.0 Å². The van der Waals surface area contributed by atoms with Gasteiger partial charge in [-0.15, -0.1) is 0 Å². The molecule has 0 aliphatic rings. The number of nitrogens with zero attached hydrogens (tertiary/aromatic N) is 1. The minimum absolute atomic E-state index is 0.331. The van der Waals surface area contributed by atoms with Crippen LogP contribution in [0.4, 0.5) is 4.39 Å². The van der Waals surface area contributed by atoms with E-state index >= 15 is 4.39 Å². The molecule has 1 heterocycles. The Hall–Kier alpha value is -1.10. The Morgan fingerprint density at radius 3 is 2.16 bits per heavy atom. The largest absolute Gasteiger partial charge is 0.490 e. The maximum Gasteiger partial charge on any atom is 0.490 e. The summed E-state index contributed by atoms with van der Waals surface area (Å²) in [5.74, 6) is -3.61. The van der Waals surface area contributed by atoms with Gasteiger partial charge in [0.15, 0.2) is 11.8 Å². The van der Waals surface area contributed by atoms with Crippen molar-refractivity contribution in [3.8, 4) is 0 Å². The molecule has 1 aromatic heterocycles. The summed E-state index contributed by atoms with van der Waals surface area (Å²) in [4.78, 5) is 60.3. The third-order valence-corrected chi connectivity index (χ3v) is 7.57. The summed E-state index contributed by atoms with van der Waals surface area (Å²) in [6.45, 7) is -0.617. The first kappa shape index (κ1) is 28.9. The van der Waals surface area contributed by atoms with E-state index in [9.17, 15) is 38.4 Å². The lowest BCUT2D eigenvalue weighted by molar-refractivity contribution is -0.279. The van der Waals surface area contributed by atoms with Gasteiger partial charge in [0, 0.05) is 19.4 Å². The summed E-state index contributed by atoms with van der Waals surface area (Å²) >= 11 is 0. The summed E-state index contributed by atoms with van der Waals surface area (Å²) in [6.07, 6.45) is -2.64. The van der Waals surface area contributed by atoms with Crippen molar-refractivity contribution in [3.05, 3.63) is 33.1 Å². The Kier molecular flexibility index (Phi) is 9.07. The Labute approximate surface area is 177 Å². The second-order valence-electron chi connectivity index (χ2n) is 5.97. The standard InChI is InChI=1S/C11H20FN2O15P3/c1-3-11(18,14-5-4-7(15)13-9(14)17)8(16)10(12,26-2)6-27-31(22,23)29-32(24,25)28-30(19,20)21/h4-5,8,16,18H,3,6H2,1-2H3,(H,22,23)(H,24,25)(H,13,15,17)(H2,19,20,21)/t8-,10-,11-/m1/s1. The van der Waals surface area contributed by atoms with Gasteiger partial charge < -0.3 is 34.5 Å². The molecule has 0 amide bonds. The van der Waals surface area contributed by atoms with Crippen LogP contribution in [0, 0.1) is 0 Å². The molecular formula is C11H20FN2O15P3. The third kappa shape index (κ3) is 7.46. The van der Waals surface area contributed by atoms with Crippen LogP contribution in [0.25, 0.3) is 0 Å². The molecular weight excluding hydrogens is 512 g/mol. The number of rotatable bonds is 12. The quantitative estimate of drug-likeness (QED) is 0.153. The highest BCUT2D eigenvalue weighted by Gasteiger charge is 2.54. The molecule has 0 fully saturated rings. The van der Waals surface area contributed by atoms with Gasteiger partial charge in [-0.3, -0.25) is 18.9 Å². The van der Waals surface area contributed by atoms with Crippen molar-refractivity contribution in [1.82, 2.24) is 9.55 Å². The van der Waals surface area contributed by atoms with Crippen LogP contribution < -0.4 is 11.2 Å². The average molecular weight is 532 g/mol. The van der Waals surface area contributed by atoms with Gasteiger partial charge in [0.05, 0.1) is 0 Å². The molecule has 0 saturated carbocycles. The molecule has 0 spiro atoms. The zero-order valence-corrected chi connectivity index (χ0v) is 18.9. The molecule has 21 heteroatoms. The van der Waals surface area contributed by atoms with E-state index in [1.165, 1.54) is 6.92 Å². The highest BCUT2D eigenvalue weighted by molar-refractivity contribution is 7.66. The number of aromatic nitrogens is 2. The molecule has 1 rings (SSSR count). The van der Waals surface area contributed by atoms with Crippen LogP contribution in [0.1, 0.15) is 13.3 Å². The minimum atomic E-state index is -5.90. The summed E-state index contributed by atoms with van der Waals surface area (Å²) in [5, 5.41) is 21.1. The number of H-pyrrole nitrogens is 1. The lowest BCUT2D eigenvalue weighted by atomic mass is 9.96. The Morgan fingerprint density at radius 2 is 1.72 bits per heavy atom. The lowest BCUT2D eigenvalue weighted by Crippen LogP contribution is -2.60. The van der Waals surface area contributed by atoms with E-state index in [-0.39, 0.29) is 0 Å². The number of halogens is 1. The molecule has 17 nitrogen and oxygen atoms in total. The number of aliphatic hydroxyl groups excluding tert-OH is 1. The second kappa shape index (κ2) is 10.0. The van der Waals surface area contributed by atoms with Crippen molar-refractivity contribution in [3.63, 3.8) is 0 Å². The van der Waals surface area contributed by atoms with Gasteiger partial charge >= 0.3 is 29.2 Å². The Balaban J connectivity index is 3.17. The molecule has 0 radical (unpaired) electrons. The minimum Gasteiger partial charge on any atom is -0.382 e. The number of methoxy groups -OCH3 is 1. The number of aliphatic hydroxyl groups is 2. The van der Waals surface area contributed by atoms with Crippen LogP contribution in [-0.4, -0.2) is 65.0 Å². The van der Waals surface area contributed by atoms with Gasteiger partial charge in [0.1, 0.15) is 6.61 Å². The smallest absolute Gasteiger partial charge is 0.382 e. The number of alkyl halides is 1. The van der Waals surface area contributed by atoms with Crippen molar-refractivity contribution in [1.29, 1.82) is 0 Å². The van der Waals surface area contributed by atoms with Gasteiger partial charge in [0.25, 0.3) is 11.4 Å². The van der Waals surface area contributed by atoms with Crippen molar-refractivity contribution in [2.24, 2.45) is 0 Å². The monoisotopic (exact) mass is 532 g/mol. The summed E-state index contributed by atoms with van der Waals surface area (Å²) in [7, 11) is -16.8. The zero-order valence-electron chi connectivity index (χ0n) is 16.2. The maximum absolute atomic E-state index is 15.2. The van der Waals surface area contributed by atoms with Gasteiger partial charge in [-0.25, -0.2) is 22.9 Å². The molecule has 0 aromatic carbocycles. The number of phosphoric ester groups is 1. The van der Waals surface area contributed by atoms with Gasteiger partial charge in [-0.2, -0.15) is 8.62 Å². The second-order valence-corrected chi connectivity index (χ2v) is 10.4. The van der Waals surface area contributed by atoms with E-state index in [2.05, 4.69) is 17.9 Å². The van der Waals surface area contributed by atoms with Crippen LogP contribution in [-0.2, 0) is 37.3 Å². The molecule has 0 saturated heterocycles. The molecule has 186 valence electrons. The number of phosphoric acid groups is 3. The van der Waals surface area contributed by atoms with Crippen LogP contribution in [0.5, 0.6) is 0 Å². The number of hydrogen-bond donors (Lipinski definition) is 7. The first-order valence-corrected chi connectivity index (χ1v) is 12.6. The summed E-state index contributed by atoms with van der Waals surface area (Å²) < 4.78 is 64.5. The molecule has 5 atom stereocenters. The van der Waals surface area contributed by atoms with Crippen molar-refractivity contribution in [2.75, 3.05) is 13.7 Å². The molecule has 2 unspecified atom stereocenters. The fourth-order valence-corrected chi connectivity index (χ4v) is 5.32. The molecule has 1 aromatic rings. The first-order valence-electron chi connectivity index (χ1n) is 8.06. The van der Waals surface area contributed by atoms with Crippen LogP contribution >= 0.6 is 23.5 Å². The Morgan fingerprint density at radius 1 is 1.16 bits per heavy atom. The summed E-state index contributed by atoms with van der Waals surface area (Å²) in [5.41, 5.74) is -4.98. The topological polar surface area (TPSA) is 264 Å². The highest BCUT2D eigenvalue weighted by Crippen LogP contribution is 2.66. The summed E-state index contributed by atoms with van der Waals surface area (Å²) in [6, 6.07) is 0.757. The molecule has 0 aliphatic heterocycles. The van der Waals surface area contributed by atoms with E-state index in [1.54, 1.807) is 4.98 Å². The normalized spacial score (nSPS) is 21.0. The van der Waals surface area contributed by atoms with E-state index < -0.39 is 65.4 Å². The number of aromatic amines is 1. The highest BCUT2D eigenvalue weighted by atomic mass is 31.3. The van der Waals surface area contributed by atoms with Gasteiger partial charge in [-0.1, -0.05) is 6.92 Å². The Bertz CT molecular complexity index is 1070. The van der Waals surface area contributed by atoms with E-state index in [4.69, 9.17) is 14.7 Å². The average Bonchev–Trinajstić information content (AvgIpc) is 2.62. The molecule has 32 heavy (non-hydrogen) atoms. The lowest BCUT2D eigenvalue weighted by Gasteiger charge is -2.40. The molecule has 0 bridgehead atoms. The SMILES string of the molecule is CC[C@@](O)([C@H](O)[C@@](F)(COP(=O)(O)OP(=O)(O)OP(=O)(O)O)OC)n1ccc(=O)[nH]c1=O. The first-order chi connectivity index (χ1) is 14.3. The number of nitrogens with one attached hydrogen (secondary N) is 1. The number of ether oxygens (including phenoxy) is 1. The van der Waals surface area contributed by atoms with Crippen LogP contribution in [0.2, 0.25) is 0 Å². The van der Waals surface area contributed by atoms with Crippen molar-refractivity contribution >= 4 is 23.5 Å². The predicted octanol–water partition coefficient (Wildman–Crippen LogP) is -1.39. The molecule has 7 N–H and O–H groups in total. The van der Waals surface area contributed by atoms with Crippen molar-refractivity contribution < 1.29 is 65.8 Å². The van der Waals surface area contributed by atoms with Gasteiger partial charge in [-0.05, 0) is 6.42 Å². The fourth-order valence-electron chi connectivity index (χ4n) is 2.29. The maximum atomic E-state index is 15.2. The van der Waals surface area contributed by atoms with E-state index in [0.717, 1.165) is 6.07 Å². The third-order valence-electron chi connectivity index (χ3n) is 3.79. The zero-order chi connectivity index (χ0) is 25.2.